The fraction of sp³-hybridized carbons (Fsp3) is 0.429. The molecule has 0 radical (unpaired) electrons. The lowest BCUT2D eigenvalue weighted by atomic mass is 10.0. The molecule has 2 atom stereocenters. The maximum absolute atomic E-state index is 13.3. The topological polar surface area (TPSA) is 70.1 Å². The van der Waals surface area contributed by atoms with Crippen molar-refractivity contribution in [3.63, 3.8) is 0 Å². The Morgan fingerprint density at radius 1 is 1.27 bits per heavy atom. The van der Waals surface area contributed by atoms with Crippen molar-refractivity contribution in [2.45, 2.75) is 24.9 Å². The second-order valence-electron chi connectivity index (χ2n) is 5.02. The SMILES string of the molecule is CON(C)C(=O)[C@H]1CC[C@@H](c2cc(F)cc(F)c2)N1C(=O)O. The summed E-state index contributed by atoms with van der Waals surface area (Å²) in [5.41, 5.74) is 0.190. The minimum atomic E-state index is -1.32. The van der Waals surface area contributed by atoms with Gasteiger partial charge < -0.3 is 5.11 Å². The van der Waals surface area contributed by atoms with Crippen LogP contribution in [0.1, 0.15) is 24.4 Å². The Labute approximate surface area is 125 Å². The minimum Gasteiger partial charge on any atom is -0.465 e. The molecule has 1 fully saturated rings. The van der Waals surface area contributed by atoms with Gasteiger partial charge in [-0.2, -0.15) is 0 Å². The van der Waals surface area contributed by atoms with E-state index in [0.717, 1.165) is 22.1 Å². The predicted octanol–water partition coefficient (Wildman–Crippen LogP) is 2.17. The van der Waals surface area contributed by atoms with Crippen LogP contribution in [-0.2, 0) is 9.63 Å². The molecular weight excluding hydrogens is 298 g/mol. The molecule has 1 aliphatic rings. The van der Waals surface area contributed by atoms with Crippen molar-refractivity contribution in [3.05, 3.63) is 35.4 Å². The lowest BCUT2D eigenvalue weighted by Crippen LogP contribution is -2.46. The summed E-state index contributed by atoms with van der Waals surface area (Å²) >= 11 is 0. The number of benzene rings is 1. The zero-order chi connectivity index (χ0) is 16.4. The van der Waals surface area contributed by atoms with E-state index in [2.05, 4.69) is 0 Å². The maximum Gasteiger partial charge on any atom is 0.408 e. The van der Waals surface area contributed by atoms with Crippen molar-refractivity contribution in [3.8, 4) is 0 Å². The largest absolute Gasteiger partial charge is 0.465 e. The van der Waals surface area contributed by atoms with E-state index in [1.165, 1.54) is 14.2 Å². The number of halogens is 2. The Morgan fingerprint density at radius 2 is 1.86 bits per heavy atom. The number of likely N-dealkylation sites (N-methyl/N-ethyl adjacent to an activating group) is 1. The quantitative estimate of drug-likeness (QED) is 0.868. The first-order valence-corrected chi connectivity index (χ1v) is 6.64. The lowest BCUT2D eigenvalue weighted by Gasteiger charge is -2.29. The van der Waals surface area contributed by atoms with E-state index in [1.54, 1.807) is 0 Å². The summed E-state index contributed by atoms with van der Waals surface area (Å²) in [7, 11) is 2.66. The third-order valence-electron chi connectivity index (χ3n) is 3.74. The van der Waals surface area contributed by atoms with Gasteiger partial charge in [0.2, 0.25) is 0 Å². The van der Waals surface area contributed by atoms with Crippen LogP contribution in [-0.4, -0.2) is 47.3 Å². The molecule has 1 aromatic carbocycles. The van der Waals surface area contributed by atoms with Crippen LogP contribution in [0.3, 0.4) is 0 Å². The van der Waals surface area contributed by atoms with E-state index in [1.807, 2.05) is 0 Å². The molecule has 2 amide bonds. The Kier molecular flexibility index (Phi) is 4.60. The van der Waals surface area contributed by atoms with Crippen LogP contribution in [0, 0.1) is 11.6 Å². The van der Waals surface area contributed by atoms with Gasteiger partial charge in [-0.25, -0.2) is 18.6 Å². The molecule has 120 valence electrons. The Balaban J connectivity index is 2.33. The molecule has 1 heterocycles. The summed E-state index contributed by atoms with van der Waals surface area (Å²) in [4.78, 5) is 29.4. The van der Waals surface area contributed by atoms with Gasteiger partial charge >= 0.3 is 6.09 Å². The molecule has 0 bridgehead atoms. The number of likely N-dealkylation sites (tertiary alicyclic amines) is 1. The summed E-state index contributed by atoms with van der Waals surface area (Å²) in [5.74, 6) is -2.10. The first-order valence-electron chi connectivity index (χ1n) is 6.64. The molecule has 0 saturated carbocycles. The number of amides is 2. The molecule has 8 heteroatoms. The molecule has 1 saturated heterocycles. The van der Waals surface area contributed by atoms with Gasteiger partial charge in [-0.3, -0.25) is 14.5 Å². The average Bonchev–Trinajstić information content (AvgIpc) is 2.89. The monoisotopic (exact) mass is 314 g/mol. The highest BCUT2D eigenvalue weighted by molar-refractivity contribution is 5.85. The molecule has 1 aliphatic heterocycles. The number of hydroxylamine groups is 2. The van der Waals surface area contributed by atoms with Gasteiger partial charge in [0, 0.05) is 13.1 Å². The van der Waals surface area contributed by atoms with E-state index < -0.39 is 35.7 Å². The van der Waals surface area contributed by atoms with Crippen LogP contribution in [0.2, 0.25) is 0 Å². The first kappa shape index (κ1) is 16.2. The third kappa shape index (κ3) is 3.01. The number of carbonyl (C=O) groups excluding carboxylic acids is 1. The van der Waals surface area contributed by atoms with Crippen molar-refractivity contribution >= 4 is 12.0 Å². The van der Waals surface area contributed by atoms with Crippen molar-refractivity contribution in [2.75, 3.05) is 14.2 Å². The number of hydrogen-bond donors (Lipinski definition) is 1. The maximum atomic E-state index is 13.3. The highest BCUT2D eigenvalue weighted by Gasteiger charge is 2.43. The Morgan fingerprint density at radius 3 is 2.36 bits per heavy atom. The predicted molar refractivity (Wildman–Crippen MR) is 71.8 cm³/mol. The minimum absolute atomic E-state index is 0.190. The fourth-order valence-corrected chi connectivity index (χ4v) is 2.71. The number of carbonyl (C=O) groups is 2. The first-order chi connectivity index (χ1) is 10.3. The van der Waals surface area contributed by atoms with Gasteiger partial charge in [-0.1, -0.05) is 0 Å². The molecular formula is C14H16F2N2O4. The standard InChI is InChI=1S/C14H16F2N2O4/c1-17(22-2)13(19)12-4-3-11(18(12)14(20)21)8-5-9(15)7-10(16)6-8/h5-7,11-12H,3-4H2,1-2H3,(H,20,21)/t11-,12+/m0/s1. The highest BCUT2D eigenvalue weighted by atomic mass is 19.1. The summed E-state index contributed by atoms with van der Waals surface area (Å²) in [6.07, 6.45) is -0.778. The van der Waals surface area contributed by atoms with Crippen molar-refractivity contribution < 1.29 is 28.3 Å². The van der Waals surface area contributed by atoms with E-state index in [-0.39, 0.29) is 12.0 Å². The molecule has 6 nitrogen and oxygen atoms in total. The van der Waals surface area contributed by atoms with Crippen molar-refractivity contribution in [1.82, 2.24) is 9.96 Å². The number of nitrogens with zero attached hydrogens (tertiary/aromatic N) is 2. The van der Waals surface area contributed by atoms with Gasteiger partial charge in [-0.15, -0.1) is 0 Å². The van der Waals surface area contributed by atoms with Crippen LogP contribution >= 0.6 is 0 Å². The number of hydrogen-bond acceptors (Lipinski definition) is 3. The van der Waals surface area contributed by atoms with Gasteiger partial charge in [0.15, 0.2) is 0 Å². The number of carboxylic acid groups (broad SMARTS) is 1. The molecule has 0 aromatic heterocycles. The summed E-state index contributed by atoms with van der Waals surface area (Å²) < 4.78 is 26.7. The second-order valence-corrected chi connectivity index (χ2v) is 5.02. The molecule has 0 unspecified atom stereocenters. The van der Waals surface area contributed by atoms with E-state index in [9.17, 15) is 23.5 Å². The van der Waals surface area contributed by atoms with Gasteiger partial charge in [0.1, 0.15) is 17.7 Å². The van der Waals surface area contributed by atoms with E-state index in [4.69, 9.17) is 4.84 Å². The van der Waals surface area contributed by atoms with Crippen molar-refractivity contribution in [2.24, 2.45) is 0 Å². The van der Waals surface area contributed by atoms with Gasteiger partial charge in [0.25, 0.3) is 5.91 Å². The molecule has 1 aromatic rings. The summed E-state index contributed by atoms with van der Waals surface area (Å²) in [6.45, 7) is 0. The van der Waals surface area contributed by atoms with E-state index >= 15 is 0 Å². The van der Waals surface area contributed by atoms with Crippen LogP contribution in [0.15, 0.2) is 18.2 Å². The normalized spacial score (nSPS) is 21.0. The summed E-state index contributed by atoms with van der Waals surface area (Å²) in [5, 5.41) is 10.3. The van der Waals surface area contributed by atoms with E-state index in [0.29, 0.717) is 12.5 Å². The Bertz CT molecular complexity index is 576. The molecule has 22 heavy (non-hydrogen) atoms. The second kappa shape index (κ2) is 6.27. The zero-order valence-electron chi connectivity index (χ0n) is 12.1. The van der Waals surface area contributed by atoms with Crippen LogP contribution in [0.5, 0.6) is 0 Å². The fourth-order valence-electron chi connectivity index (χ4n) is 2.71. The smallest absolute Gasteiger partial charge is 0.408 e. The number of rotatable bonds is 3. The van der Waals surface area contributed by atoms with Gasteiger partial charge in [-0.05, 0) is 30.5 Å². The summed E-state index contributed by atoms with van der Waals surface area (Å²) in [6, 6.07) is 1.15. The Hall–Kier alpha value is -2.22. The average molecular weight is 314 g/mol. The van der Waals surface area contributed by atoms with Crippen molar-refractivity contribution in [1.29, 1.82) is 0 Å². The highest BCUT2D eigenvalue weighted by Crippen LogP contribution is 2.37. The lowest BCUT2D eigenvalue weighted by molar-refractivity contribution is -0.173. The van der Waals surface area contributed by atoms with Crippen LogP contribution in [0.25, 0.3) is 0 Å². The zero-order valence-corrected chi connectivity index (χ0v) is 12.1. The van der Waals surface area contributed by atoms with Crippen LogP contribution < -0.4 is 0 Å². The molecule has 2 rings (SSSR count). The van der Waals surface area contributed by atoms with Crippen LogP contribution in [0.4, 0.5) is 13.6 Å². The van der Waals surface area contributed by atoms with Gasteiger partial charge in [0.05, 0.1) is 13.2 Å². The molecule has 0 spiro atoms. The molecule has 0 aliphatic carbocycles. The molecule has 1 N–H and O–H groups in total. The third-order valence-corrected chi connectivity index (χ3v) is 3.74.